The van der Waals surface area contributed by atoms with Crippen LogP contribution in [0.3, 0.4) is 0 Å². The molecule has 1 aromatic heterocycles. The van der Waals surface area contributed by atoms with E-state index in [1.807, 2.05) is 55.7 Å². The molecule has 1 amide bonds. The van der Waals surface area contributed by atoms with Crippen LogP contribution in [0.4, 0.5) is 5.69 Å². The fourth-order valence-corrected chi connectivity index (χ4v) is 3.61. The summed E-state index contributed by atoms with van der Waals surface area (Å²) in [6.45, 7) is 4.39. The number of morpholine rings is 1. The first-order valence-corrected chi connectivity index (χ1v) is 10.5. The molecule has 0 aliphatic carbocycles. The standard InChI is InChI=1S/C24H27N5O2/c1-27(18-21-9-5-6-10-23(21)28-13-15-31-16-14-28)24(30)12-11-22-19-29(26-25-22)17-20-7-3-2-4-8-20/h2-12,19H,13-18H2,1H3/b12-11+. The first-order chi connectivity index (χ1) is 15.2. The molecule has 3 aromatic rings. The van der Waals surface area contributed by atoms with Gasteiger partial charge in [0.15, 0.2) is 0 Å². The SMILES string of the molecule is CN(Cc1ccccc1N1CCOCC1)C(=O)/C=C/c1cn(Cc2ccccc2)nn1. The molecule has 1 fully saturated rings. The molecule has 31 heavy (non-hydrogen) atoms. The third kappa shape index (κ3) is 5.58. The molecule has 0 bridgehead atoms. The molecule has 2 heterocycles. The summed E-state index contributed by atoms with van der Waals surface area (Å²) in [7, 11) is 1.81. The summed E-state index contributed by atoms with van der Waals surface area (Å²) >= 11 is 0. The van der Waals surface area contributed by atoms with Crippen molar-refractivity contribution < 1.29 is 9.53 Å². The maximum Gasteiger partial charge on any atom is 0.246 e. The highest BCUT2D eigenvalue weighted by atomic mass is 16.5. The van der Waals surface area contributed by atoms with Gasteiger partial charge in [-0.1, -0.05) is 53.7 Å². The van der Waals surface area contributed by atoms with Gasteiger partial charge in [-0.15, -0.1) is 5.10 Å². The number of hydrogen-bond acceptors (Lipinski definition) is 5. The van der Waals surface area contributed by atoms with Crippen molar-refractivity contribution in [3.05, 3.63) is 83.7 Å². The average Bonchev–Trinajstić information content (AvgIpc) is 3.26. The van der Waals surface area contributed by atoms with E-state index in [2.05, 4.69) is 27.3 Å². The number of rotatable bonds is 7. The van der Waals surface area contributed by atoms with Crippen molar-refractivity contribution in [3.63, 3.8) is 0 Å². The summed E-state index contributed by atoms with van der Waals surface area (Å²) in [5.41, 5.74) is 4.10. The Hall–Kier alpha value is -3.45. The number of carbonyl (C=O) groups is 1. The van der Waals surface area contributed by atoms with Crippen molar-refractivity contribution in [1.82, 2.24) is 19.9 Å². The Morgan fingerprint density at radius 1 is 1.10 bits per heavy atom. The van der Waals surface area contributed by atoms with Crippen molar-refractivity contribution in [2.24, 2.45) is 0 Å². The molecule has 2 aromatic carbocycles. The van der Waals surface area contributed by atoms with E-state index < -0.39 is 0 Å². The molecule has 7 heteroatoms. The quantitative estimate of drug-likeness (QED) is 0.553. The van der Waals surface area contributed by atoms with Gasteiger partial charge in [0.05, 0.1) is 26.0 Å². The monoisotopic (exact) mass is 417 g/mol. The van der Waals surface area contributed by atoms with Crippen molar-refractivity contribution in [2.45, 2.75) is 13.1 Å². The van der Waals surface area contributed by atoms with E-state index in [9.17, 15) is 4.79 Å². The second kappa shape index (κ2) is 10.0. The lowest BCUT2D eigenvalue weighted by molar-refractivity contribution is -0.125. The van der Waals surface area contributed by atoms with E-state index in [-0.39, 0.29) is 5.91 Å². The summed E-state index contributed by atoms with van der Waals surface area (Å²) in [6.07, 6.45) is 5.10. The van der Waals surface area contributed by atoms with E-state index in [0.717, 1.165) is 37.4 Å². The predicted octanol–water partition coefficient (Wildman–Crippen LogP) is 2.83. The Kier molecular flexibility index (Phi) is 6.74. The Morgan fingerprint density at radius 3 is 2.65 bits per heavy atom. The largest absolute Gasteiger partial charge is 0.378 e. The van der Waals surface area contributed by atoms with Crippen LogP contribution >= 0.6 is 0 Å². The number of likely N-dealkylation sites (N-methyl/N-ethyl adjacent to an activating group) is 1. The van der Waals surface area contributed by atoms with Gasteiger partial charge in [-0.2, -0.15) is 0 Å². The van der Waals surface area contributed by atoms with Crippen molar-refractivity contribution in [3.8, 4) is 0 Å². The van der Waals surface area contributed by atoms with Gasteiger partial charge in [-0.3, -0.25) is 4.79 Å². The van der Waals surface area contributed by atoms with Crippen LogP contribution in [0.15, 0.2) is 66.9 Å². The molecule has 7 nitrogen and oxygen atoms in total. The maximum absolute atomic E-state index is 12.7. The van der Waals surface area contributed by atoms with Crippen LogP contribution in [0.2, 0.25) is 0 Å². The van der Waals surface area contributed by atoms with Crippen LogP contribution in [-0.4, -0.2) is 59.2 Å². The van der Waals surface area contributed by atoms with Gasteiger partial charge in [0.1, 0.15) is 5.69 Å². The molecule has 0 unspecified atom stereocenters. The fourth-order valence-electron chi connectivity index (χ4n) is 3.61. The predicted molar refractivity (Wildman–Crippen MR) is 121 cm³/mol. The second-order valence-electron chi connectivity index (χ2n) is 7.58. The van der Waals surface area contributed by atoms with Crippen LogP contribution < -0.4 is 4.90 Å². The highest BCUT2D eigenvalue weighted by Crippen LogP contribution is 2.22. The number of amides is 1. The van der Waals surface area contributed by atoms with Crippen LogP contribution in [0, 0.1) is 0 Å². The number of ether oxygens (including phenoxy) is 1. The molecular formula is C24H27N5O2. The van der Waals surface area contributed by atoms with E-state index in [1.165, 1.54) is 5.69 Å². The lowest BCUT2D eigenvalue weighted by atomic mass is 10.1. The van der Waals surface area contributed by atoms with Crippen LogP contribution in [0.25, 0.3) is 6.08 Å². The summed E-state index contributed by atoms with van der Waals surface area (Å²) < 4.78 is 7.23. The zero-order valence-corrected chi connectivity index (χ0v) is 17.7. The van der Waals surface area contributed by atoms with Gasteiger partial charge in [0.25, 0.3) is 0 Å². The lowest BCUT2D eigenvalue weighted by Crippen LogP contribution is -2.37. The fraction of sp³-hybridized carbons (Fsp3) is 0.292. The Morgan fingerprint density at radius 2 is 1.84 bits per heavy atom. The molecule has 0 saturated carbocycles. The number of anilines is 1. The van der Waals surface area contributed by atoms with Gasteiger partial charge >= 0.3 is 0 Å². The number of aromatic nitrogens is 3. The lowest BCUT2D eigenvalue weighted by Gasteiger charge is -2.31. The van der Waals surface area contributed by atoms with E-state index in [1.54, 1.807) is 21.7 Å². The Balaban J connectivity index is 1.37. The van der Waals surface area contributed by atoms with E-state index >= 15 is 0 Å². The number of carbonyl (C=O) groups excluding carboxylic acids is 1. The van der Waals surface area contributed by atoms with Crippen molar-refractivity contribution in [1.29, 1.82) is 0 Å². The molecule has 1 aliphatic rings. The van der Waals surface area contributed by atoms with Crippen LogP contribution in [0.5, 0.6) is 0 Å². The highest BCUT2D eigenvalue weighted by Gasteiger charge is 2.16. The molecule has 1 aliphatic heterocycles. The molecule has 0 N–H and O–H groups in total. The maximum atomic E-state index is 12.7. The average molecular weight is 418 g/mol. The summed E-state index contributed by atoms with van der Waals surface area (Å²) in [4.78, 5) is 16.7. The number of benzene rings is 2. The van der Waals surface area contributed by atoms with Gasteiger partial charge in [-0.25, -0.2) is 4.68 Å². The smallest absolute Gasteiger partial charge is 0.246 e. The zero-order valence-electron chi connectivity index (χ0n) is 17.7. The first-order valence-electron chi connectivity index (χ1n) is 10.5. The van der Waals surface area contributed by atoms with Gasteiger partial charge < -0.3 is 14.5 Å². The zero-order chi connectivity index (χ0) is 21.5. The number of hydrogen-bond donors (Lipinski definition) is 0. The molecule has 160 valence electrons. The number of para-hydroxylation sites is 1. The van der Waals surface area contributed by atoms with Crippen molar-refractivity contribution >= 4 is 17.7 Å². The minimum absolute atomic E-state index is 0.0746. The topological polar surface area (TPSA) is 63.5 Å². The number of nitrogens with zero attached hydrogens (tertiary/aromatic N) is 5. The third-order valence-electron chi connectivity index (χ3n) is 5.27. The van der Waals surface area contributed by atoms with Crippen LogP contribution in [0.1, 0.15) is 16.8 Å². The summed E-state index contributed by atoms with van der Waals surface area (Å²) in [5, 5.41) is 8.28. The minimum Gasteiger partial charge on any atom is -0.378 e. The van der Waals surface area contributed by atoms with E-state index in [4.69, 9.17) is 4.74 Å². The molecule has 0 radical (unpaired) electrons. The van der Waals surface area contributed by atoms with E-state index in [0.29, 0.717) is 18.8 Å². The Bertz CT molecular complexity index is 1030. The van der Waals surface area contributed by atoms with Crippen molar-refractivity contribution in [2.75, 3.05) is 38.3 Å². The summed E-state index contributed by atoms with van der Waals surface area (Å²) in [5.74, 6) is -0.0746. The van der Waals surface area contributed by atoms with Gasteiger partial charge in [0.2, 0.25) is 5.91 Å². The van der Waals surface area contributed by atoms with Gasteiger partial charge in [0, 0.05) is 38.4 Å². The van der Waals surface area contributed by atoms with Gasteiger partial charge in [-0.05, 0) is 23.3 Å². The second-order valence-corrected chi connectivity index (χ2v) is 7.58. The normalized spacial score (nSPS) is 14.2. The molecule has 0 spiro atoms. The molecular weight excluding hydrogens is 390 g/mol. The molecule has 1 saturated heterocycles. The summed E-state index contributed by atoms with van der Waals surface area (Å²) in [6, 6.07) is 18.3. The molecule has 4 rings (SSSR count). The Labute approximate surface area is 182 Å². The minimum atomic E-state index is -0.0746. The molecule has 0 atom stereocenters. The van der Waals surface area contributed by atoms with Crippen LogP contribution in [-0.2, 0) is 22.6 Å². The first kappa shape index (κ1) is 20.8. The highest BCUT2D eigenvalue weighted by molar-refractivity contribution is 5.91. The third-order valence-corrected chi connectivity index (χ3v) is 5.27.